The van der Waals surface area contributed by atoms with E-state index >= 15 is 0 Å². The third-order valence-electron chi connectivity index (χ3n) is 6.41. The number of fused-ring (bicyclic) bond motifs is 1. The highest BCUT2D eigenvalue weighted by Crippen LogP contribution is 2.50. The maximum Gasteiger partial charge on any atom is 0.472 e. The second-order valence-electron chi connectivity index (χ2n) is 9.27. The molecular weight excluding hydrogens is 610 g/mol. The highest BCUT2D eigenvalue weighted by atomic mass is 31.2. The van der Waals surface area contributed by atoms with Crippen molar-refractivity contribution in [3.8, 4) is 0 Å². The Balaban J connectivity index is 1.27. The van der Waals surface area contributed by atoms with Crippen LogP contribution < -0.4 is 22.7 Å². The third-order valence-corrected chi connectivity index (χ3v) is 7.96. The number of nitrogens with one attached hydrogen (secondary N) is 1. The van der Waals surface area contributed by atoms with Crippen LogP contribution in [0.5, 0.6) is 0 Å². The van der Waals surface area contributed by atoms with Gasteiger partial charge in [0.1, 0.15) is 42.7 Å². The van der Waals surface area contributed by atoms with Crippen LogP contribution in [0.3, 0.4) is 0 Å². The SMILES string of the molecule is Nc1ccn([C@H]2C[C@H](OP(=O)(O)O)[C@@H](COP(=O)(O)O[C@H]3C[C@H](n4cnc5c(=O)[nH]c(N)nc54)O[C@@H]3CO)O2)c(=O)n1. The lowest BCUT2D eigenvalue weighted by Crippen LogP contribution is -2.30. The van der Waals surface area contributed by atoms with Crippen LogP contribution in [0.25, 0.3) is 11.2 Å². The molecule has 1 unspecified atom stereocenters. The standard InChI is InChI=1S/C19H26N8O13P2/c20-12-1-2-26(19(30)23-12)13-4-9(39-41(31,32)33)11(38-13)6-36-42(34,35)40-8-3-14(37-10(8)5-28)27-7-22-15-16(27)24-18(21)25-17(15)29/h1-2,7-11,13-14,28H,3-6H2,(H,34,35)(H2,20,23,30)(H2,31,32,33)(H3,21,24,25,29)/t8-,9-,10+,11+,13+,14+/m0/s1. The summed E-state index contributed by atoms with van der Waals surface area (Å²) in [5, 5.41) is 9.79. The monoisotopic (exact) mass is 636 g/mol. The van der Waals surface area contributed by atoms with Gasteiger partial charge < -0.3 is 40.7 Å². The van der Waals surface area contributed by atoms with Crippen molar-refractivity contribution in [3.63, 3.8) is 0 Å². The average Bonchev–Trinajstić information content (AvgIpc) is 3.58. The number of phosphoric acid groups is 2. The van der Waals surface area contributed by atoms with Crippen LogP contribution in [0, 0.1) is 0 Å². The van der Waals surface area contributed by atoms with Crippen molar-refractivity contribution in [2.75, 3.05) is 24.7 Å². The molecule has 3 aromatic heterocycles. The lowest BCUT2D eigenvalue weighted by atomic mass is 10.2. The van der Waals surface area contributed by atoms with E-state index in [9.17, 15) is 38.5 Å². The minimum absolute atomic E-state index is 0.0344. The van der Waals surface area contributed by atoms with E-state index in [1.54, 1.807) is 0 Å². The molecule has 21 nitrogen and oxygen atoms in total. The molecule has 2 saturated heterocycles. The number of aliphatic hydroxyl groups excluding tert-OH is 1. The zero-order chi connectivity index (χ0) is 30.4. The minimum Gasteiger partial charge on any atom is -0.394 e. The third kappa shape index (κ3) is 6.61. The van der Waals surface area contributed by atoms with Crippen LogP contribution in [0.4, 0.5) is 11.8 Å². The molecule has 0 aromatic carbocycles. The second-order valence-corrected chi connectivity index (χ2v) is 11.9. The predicted octanol–water partition coefficient (Wildman–Crippen LogP) is -1.91. The molecule has 9 N–H and O–H groups in total. The zero-order valence-electron chi connectivity index (χ0n) is 21.3. The molecule has 2 fully saturated rings. The van der Waals surface area contributed by atoms with Gasteiger partial charge in [-0.3, -0.25) is 32.5 Å². The van der Waals surface area contributed by atoms with Crippen molar-refractivity contribution in [2.45, 2.75) is 49.7 Å². The normalized spacial score (nSPS) is 27.9. The molecule has 0 bridgehead atoms. The largest absolute Gasteiger partial charge is 0.472 e. The smallest absolute Gasteiger partial charge is 0.394 e. The maximum absolute atomic E-state index is 12.9. The first kappa shape index (κ1) is 30.4. The van der Waals surface area contributed by atoms with Gasteiger partial charge in [-0.05, 0) is 6.07 Å². The Labute approximate surface area is 233 Å². The van der Waals surface area contributed by atoms with E-state index in [1.807, 2.05) is 0 Å². The highest BCUT2D eigenvalue weighted by molar-refractivity contribution is 7.47. The number of aromatic amines is 1. The van der Waals surface area contributed by atoms with Gasteiger partial charge >= 0.3 is 21.3 Å². The molecule has 3 aromatic rings. The summed E-state index contributed by atoms with van der Waals surface area (Å²) in [6.07, 6.45) is -4.96. The van der Waals surface area contributed by atoms with Crippen LogP contribution in [0.1, 0.15) is 25.3 Å². The highest BCUT2D eigenvalue weighted by Gasteiger charge is 2.45. The van der Waals surface area contributed by atoms with E-state index in [-0.39, 0.29) is 35.8 Å². The topological polar surface area (TPSA) is 312 Å². The second kappa shape index (κ2) is 11.5. The van der Waals surface area contributed by atoms with Crippen molar-refractivity contribution in [2.24, 2.45) is 0 Å². The van der Waals surface area contributed by atoms with Gasteiger partial charge in [0.25, 0.3) is 5.56 Å². The molecule has 23 heteroatoms. The molecule has 0 radical (unpaired) electrons. The number of aromatic nitrogens is 6. The summed E-state index contributed by atoms with van der Waals surface area (Å²) in [7, 11) is -9.98. The fourth-order valence-corrected chi connectivity index (χ4v) is 6.16. The summed E-state index contributed by atoms with van der Waals surface area (Å²) in [6, 6.07) is 1.30. The number of anilines is 2. The van der Waals surface area contributed by atoms with Crippen LogP contribution in [-0.2, 0) is 32.2 Å². The lowest BCUT2D eigenvalue weighted by Gasteiger charge is -2.23. The molecule has 5 rings (SSSR count). The van der Waals surface area contributed by atoms with E-state index in [1.165, 1.54) is 23.2 Å². The van der Waals surface area contributed by atoms with Crippen molar-refractivity contribution in [1.29, 1.82) is 0 Å². The number of hydrogen-bond donors (Lipinski definition) is 7. The number of nitrogens with two attached hydrogens (primary N) is 2. The molecular formula is C19H26N8O13P2. The molecule has 2 aliphatic rings. The molecule has 2 aliphatic heterocycles. The van der Waals surface area contributed by atoms with Gasteiger partial charge in [0.2, 0.25) is 5.95 Å². The number of phosphoric ester groups is 2. The quantitative estimate of drug-likeness (QED) is 0.119. The van der Waals surface area contributed by atoms with E-state index < -0.39 is 77.0 Å². The van der Waals surface area contributed by atoms with E-state index in [2.05, 4.69) is 19.9 Å². The molecule has 0 spiro atoms. The first-order valence-electron chi connectivity index (χ1n) is 12.1. The molecule has 5 heterocycles. The van der Waals surface area contributed by atoms with Crippen LogP contribution in [0.15, 0.2) is 28.2 Å². The van der Waals surface area contributed by atoms with Gasteiger partial charge in [-0.25, -0.2) is 18.9 Å². The van der Waals surface area contributed by atoms with Gasteiger partial charge in [-0.2, -0.15) is 9.97 Å². The number of ether oxygens (including phenoxy) is 2. The summed E-state index contributed by atoms with van der Waals surface area (Å²) < 4.78 is 53.2. The Morgan fingerprint density at radius 2 is 1.69 bits per heavy atom. The minimum atomic E-state index is -5.05. The maximum atomic E-state index is 12.9. The summed E-state index contributed by atoms with van der Waals surface area (Å²) in [5.74, 6) is -0.243. The van der Waals surface area contributed by atoms with Crippen molar-refractivity contribution in [1.82, 2.24) is 29.1 Å². The number of rotatable bonds is 10. The van der Waals surface area contributed by atoms with Crippen molar-refractivity contribution >= 4 is 38.6 Å². The van der Waals surface area contributed by atoms with E-state index in [4.69, 9.17) is 34.5 Å². The summed E-state index contributed by atoms with van der Waals surface area (Å²) in [5.41, 5.74) is 9.72. The van der Waals surface area contributed by atoms with Crippen LogP contribution in [0.2, 0.25) is 0 Å². The summed E-state index contributed by atoms with van der Waals surface area (Å²) in [6.45, 7) is -1.38. The number of nitrogens with zero attached hydrogens (tertiary/aromatic N) is 5. The lowest BCUT2D eigenvalue weighted by molar-refractivity contribution is -0.0561. The fraction of sp³-hybridized carbons (Fsp3) is 0.526. The van der Waals surface area contributed by atoms with Gasteiger partial charge in [-0.15, -0.1) is 0 Å². The molecule has 7 atom stereocenters. The van der Waals surface area contributed by atoms with Gasteiger partial charge in [-0.1, -0.05) is 0 Å². The Hall–Kier alpha value is -3.07. The summed E-state index contributed by atoms with van der Waals surface area (Å²) in [4.78, 5) is 67.2. The van der Waals surface area contributed by atoms with Crippen molar-refractivity contribution in [3.05, 3.63) is 39.4 Å². The fourth-order valence-electron chi connectivity index (χ4n) is 4.62. The van der Waals surface area contributed by atoms with Crippen LogP contribution >= 0.6 is 15.6 Å². The average molecular weight is 636 g/mol. The first-order valence-corrected chi connectivity index (χ1v) is 15.1. The van der Waals surface area contributed by atoms with E-state index in [0.717, 1.165) is 4.57 Å². The van der Waals surface area contributed by atoms with Crippen LogP contribution in [-0.4, -0.2) is 86.5 Å². The number of aliphatic hydroxyl groups is 1. The molecule has 0 amide bonds. The van der Waals surface area contributed by atoms with Crippen molar-refractivity contribution < 1.29 is 52.0 Å². The zero-order valence-corrected chi connectivity index (χ0v) is 23.1. The number of nitrogen functional groups attached to an aromatic ring is 2. The first-order chi connectivity index (χ1) is 19.7. The van der Waals surface area contributed by atoms with Gasteiger partial charge in [0.05, 0.1) is 19.5 Å². The number of imidazole rings is 1. The molecule has 230 valence electrons. The molecule has 42 heavy (non-hydrogen) atoms. The Kier molecular flexibility index (Phi) is 8.36. The summed E-state index contributed by atoms with van der Waals surface area (Å²) >= 11 is 0. The number of H-pyrrole nitrogens is 1. The van der Waals surface area contributed by atoms with E-state index in [0.29, 0.717) is 0 Å². The number of hydrogen-bond acceptors (Lipinski definition) is 15. The van der Waals surface area contributed by atoms with Gasteiger partial charge in [0, 0.05) is 19.0 Å². The van der Waals surface area contributed by atoms with Gasteiger partial charge in [0.15, 0.2) is 11.2 Å². The Morgan fingerprint density at radius 1 is 1.02 bits per heavy atom. The molecule has 0 saturated carbocycles. The molecule has 0 aliphatic carbocycles. The predicted molar refractivity (Wildman–Crippen MR) is 137 cm³/mol. The Bertz CT molecular complexity index is 1670. The Morgan fingerprint density at radius 3 is 2.36 bits per heavy atom.